The summed E-state index contributed by atoms with van der Waals surface area (Å²) in [6.07, 6.45) is 3.35. The molecule has 2 aliphatic carbocycles. The average molecular weight is 358 g/mol. The topological polar surface area (TPSA) is 54.4 Å². The number of allylic oxidation sites excluding steroid dienone is 6. The Morgan fingerprint density at radius 1 is 1.38 bits per heavy atom. The van der Waals surface area contributed by atoms with Gasteiger partial charge < -0.3 is 5.11 Å². The van der Waals surface area contributed by atoms with Gasteiger partial charge in [-0.1, -0.05) is 30.4 Å². The summed E-state index contributed by atoms with van der Waals surface area (Å²) in [6.45, 7) is 0. The highest BCUT2D eigenvalue weighted by atomic mass is 32.2. The molecule has 2 aliphatic rings. The van der Waals surface area contributed by atoms with Crippen LogP contribution in [0.5, 0.6) is 0 Å². The van der Waals surface area contributed by atoms with Crippen LogP contribution in [0.3, 0.4) is 0 Å². The molecule has 0 saturated heterocycles. The van der Waals surface area contributed by atoms with Gasteiger partial charge in [-0.2, -0.15) is 13.2 Å². The van der Waals surface area contributed by atoms with Crippen molar-refractivity contribution >= 4 is 24.6 Å². The number of carboxylic acids is 1. The van der Waals surface area contributed by atoms with Crippen LogP contribution < -0.4 is 0 Å². The van der Waals surface area contributed by atoms with Crippen LogP contribution in [0, 0.1) is 5.92 Å². The monoisotopic (exact) mass is 358 g/mol. The minimum absolute atomic E-state index is 0.0759. The smallest absolute Gasteiger partial charge is 0.393 e. The number of hydrogen-bond acceptors (Lipinski definition) is 2. The van der Waals surface area contributed by atoms with Crippen molar-refractivity contribution in [1.29, 1.82) is 0 Å². The Morgan fingerprint density at radius 3 is 2.71 bits per heavy atom. The van der Waals surface area contributed by atoms with Gasteiger partial charge in [0, 0.05) is 21.8 Å². The molecule has 4 atom stereocenters. The second-order valence-corrected chi connectivity index (χ2v) is 7.99. The molecule has 0 spiro atoms. The molecule has 2 rings (SSSR count). The van der Waals surface area contributed by atoms with Crippen molar-refractivity contribution in [3.8, 4) is 0 Å². The van der Waals surface area contributed by atoms with Gasteiger partial charge in [-0.05, 0) is 30.8 Å². The summed E-state index contributed by atoms with van der Waals surface area (Å²) >= 11 is 0. The summed E-state index contributed by atoms with van der Waals surface area (Å²) < 4.78 is 51.7. The zero-order valence-corrected chi connectivity index (χ0v) is 13.8. The van der Waals surface area contributed by atoms with Gasteiger partial charge in [-0.15, -0.1) is 0 Å². The first kappa shape index (κ1) is 19.0. The molecule has 130 valence electrons. The van der Waals surface area contributed by atoms with E-state index in [-0.39, 0.29) is 23.3 Å². The van der Waals surface area contributed by atoms with Gasteiger partial charge in [0.1, 0.15) is 0 Å². The Kier molecular flexibility index (Phi) is 5.78. The van der Waals surface area contributed by atoms with E-state index >= 15 is 0 Å². The lowest BCUT2D eigenvalue weighted by molar-refractivity contribution is -0.142. The predicted molar refractivity (Wildman–Crippen MR) is 87.3 cm³/mol. The Balaban J connectivity index is 2.09. The van der Waals surface area contributed by atoms with Crippen LogP contribution in [0.2, 0.25) is 5.31 Å². The van der Waals surface area contributed by atoms with Crippen molar-refractivity contribution in [2.75, 3.05) is 5.75 Å². The Hall–Kier alpha value is -1.31. The fourth-order valence-corrected chi connectivity index (χ4v) is 4.57. The first-order valence-electron chi connectivity index (χ1n) is 7.65. The van der Waals surface area contributed by atoms with Crippen molar-refractivity contribution in [3.05, 3.63) is 36.0 Å². The van der Waals surface area contributed by atoms with E-state index in [1.165, 1.54) is 12.2 Å². The summed E-state index contributed by atoms with van der Waals surface area (Å²) in [4.78, 5) is 10.6. The third kappa shape index (κ3) is 4.40. The summed E-state index contributed by atoms with van der Waals surface area (Å²) in [5.41, 5.74) is 0.498. The van der Waals surface area contributed by atoms with Gasteiger partial charge in [0.15, 0.2) is 0 Å². The summed E-state index contributed by atoms with van der Waals surface area (Å²) in [6, 6.07) is 0. The highest BCUT2D eigenvalue weighted by molar-refractivity contribution is 7.85. The number of rotatable bonds is 5. The molecular weight excluding hydrogens is 340 g/mol. The second kappa shape index (κ2) is 7.29. The number of carboxylic acid groups (broad SMARTS) is 1. The molecule has 0 aliphatic heterocycles. The van der Waals surface area contributed by atoms with E-state index in [1.807, 2.05) is 0 Å². The maximum atomic E-state index is 13.2. The van der Waals surface area contributed by atoms with E-state index in [0.717, 1.165) is 12.2 Å². The summed E-state index contributed by atoms with van der Waals surface area (Å²) in [7, 11) is 4.23. The molecule has 1 saturated carbocycles. The van der Waals surface area contributed by atoms with Gasteiger partial charge in [-0.25, -0.2) is 0 Å². The van der Waals surface area contributed by atoms with Crippen LogP contribution in [-0.4, -0.2) is 40.3 Å². The molecule has 0 aromatic carbocycles. The molecule has 2 radical (unpaired) electrons. The normalized spacial score (nSPS) is 31.5. The van der Waals surface area contributed by atoms with E-state index in [1.54, 1.807) is 6.08 Å². The molecule has 4 unspecified atom stereocenters. The van der Waals surface area contributed by atoms with Crippen LogP contribution in [0.4, 0.5) is 13.2 Å². The third-order valence-corrected chi connectivity index (χ3v) is 6.19. The van der Waals surface area contributed by atoms with E-state index in [0.29, 0.717) is 24.8 Å². The van der Waals surface area contributed by atoms with E-state index in [2.05, 4.69) is 0 Å². The van der Waals surface area contributed by atoms with E-state index in [9.17, 15) is 22.2 Å². The van der Waals surface area contributed by atoms with Gasteiger partial charge >= 0.3 is 12.1 Å². The minimum atomic E-state index is -4.59. The van der Waals surface area contributed by atoms with Crippen molar-refractivity contribution < 1.29 is 27.3 Å². The van der Waals surface area contributed by atoms with Gasteiger partial charge in [-0.3, -0.25) is 9.00 Å². The lowest BCUT2D eigenvalue weighted by Gasteiger charge is -2.27. The molecule has 0 aromatic heterocycles. The van der Waals surface area contributed by atoms with Gasteiger partial charge in [0.2, 0.25) is 0 Å². The fraction of sp³-hybridized carbons (Fsp3) is 0.562. The molecule has 1 N–H and O–H groups in total. The lowest BCUT2D eigenvalue weighted by atomic mass is 9.66. The van der Waals surface area contributed by atoms with Crippen molar-refractivity contribution in [3.63, 3.8) is 0 Å². The zero-order valence-electron chi connectivity index (χ0n) is 13.0. The van der Waals surface area contributed by atoms with Gasteiger partial charge in [0.25, 0.3) is 0 Å². The zero-order chi connectivity index (χ0) is 18.0. The number of aliphatic carboxylic acids is 1. The first-order chi connectivity index (χ1) is 11.1. The number of carbonyl (C=O) groups is 1. The van der Waals surface area contributed by atoms with Gasteiger partial charge in [0.05, 0.1) is 19.6 Å². The van der Waals surface area contributed by atoms with Crippen molar-refractivity contribution in [2.45, 2.75) is 42.4 Å². The van der Waals surface area contributed by atoms with Crippen LogP contribution in [0.15, 0.2) is 36.0 Å². The maximum absolute atomic E-state index is 13.2. The molecule has 0 aromatic rings. The molecule has 0 bridgehead atoms. The summed E-state index contributed by atoms with van der Waals surface area (Å²) in [5.74, 6) is -1.08. The van der Waals surface area contributed by atoms with E-state index in [4.69, 9.17) is 13.0 Å². The van der Waals surface area contributed by atoms with Crippen LogP contribution in [0.25, 0.3) is 0 Å². The molecule has 8 heteroatoms. The Morgan fingerprint density at radius 2 is 2.08 bits per heavy atom. The fourth-order valence-electron chi connectivity index (χ4n) is 3.02. The standard InChI is InChI=1S/C16H18BF3O3S/c17-15(16(18,19)20)7-2-1-3-12(10-15)11-4-5-13(9-11)24(23)8-6-14(21)22/h1-3,7,10-11,13H,4-6,8-9H2,(H,21,22). The largest absolute Gasteiger partial charge is 0.481 e. The minimum Gasteiger partial charge on any atom is -0.481 e. The molecular formula is C16H18BF3O3S. The molecule has 1 fully saturated rings. The first-order valence-corrected chi connectivity index (χ1v) is 9.04. The number of alkyl halides is 3. The van der Waals surface area contributed by atoms with Crippen LogP contribution >= 0.6 is 0 Å². The Bertz CT molecular complexity index is 612. The SMILES string of the molecule is [B]C1(C(F)(F)F)C=CC=CC(C2CCC(S(=O)CCC(=O)O)C2)=C1. The molecule has 0 amide bonds. The highest BCUT2D eigenvalue weighted by Gasteiger charge is 2.47. The van der Waals surface area contributed by atoms with Crippen molar-refractivity contribution in [1.82, 2.24) is 0 Å². The Labute approximate surface area is 142 Å². The third-order valence-electron chi connectivity index (χ3n) is 4.41. The average Bonchev–Trinajstić information content (AvgIpc) is 2.88. The molecule has 3 nitrogen and oxygen atoms in total. The molecule has 0 heterocycles. The van der Waals surface area contributed by atoms with Crippen molar-refractivity contribution in [2.24, 2.45) is 5.92 Å². The maximum Gasteiger partial charge on any atom is 0.393 e. The quantitative estimate of drug-likeness (QED) is 0.768. The second-order valence-electron chi connectivity index (χ2n) is 6.15. The molecule has 24 heavy (non-hydrogen) atoms. The van der Waals surface area contributed by atoms with Crippen LogP contribution in [-0.2, 0) is 15.6 Å². The number of halogens is 3. The predicted octanol–water partition coefficient (Wildman–Crippen LogP) is 3.32. The van der Waals surface area contributed by atoms with E-state index < -0.39 is 28.3 Å². The summed E-state index contributed by atoms with van der Waals surface area (Å²) in [5, 5.41) is 5.96. The number of hydrogen-bond donors (Lipinski definition) is 1. The van der Waals surface area contributed by atoms with Crippen LogP contribution in [0.1, 0.15) is 25.7 Å². The lowest BCUT2D eigenvalue weighted by Crippen LogP contribution is -2.28. The highest BCUT2D eigenvalue weighted by Crippen LogP contribution is 2.48.